The van der Waals surface area contributed by atoms with Gasteiger partial charge >= 0.3 is 0 Å². The van der Waals surface area contributed by atoms with Gasteiger partial charge in [-0.3, -0.25) is 9.69 Å². The smallest absolute Gasteiger partial charge is 0.244 e. The maximum Gasteiger partial charge on any atom is 0.244 e. The Labute approximate surface area is 130 Å². The summed E-state index contributed by atoms with van der Waals surface area (Å²) in [4.78, 5) is 16.8. The minimum atomic E-state index is -0.303. The minimum absolute atomic E-state index is 0.114. The summed E-state index contributed by atoms with van der Waals surface area (Å²) >= 11 is 6.23. The summed E-state index contributed by atoms with van der Waals surface area (Å²) < 4.78 is 0. The van der Waals surface area contributed by atoms with Crippen LogP contribution in [-0.2, 0) is 4.79 Å². The molecule has 3 rings (SSSR count). The third-order valence-electron chi connectivity index (χ3n) is 4.42. The average molecular weight is 309 g/mol. The van der Waals surface area contributed by atoms with E-state index >= 15 is 0 Å². The molecule has 0 aromatic heterocycles. The number of nitrogens with zero attached hydrogens (tertiary/aromatic N) is 2. The van der Waals surface area contributed by atoms with E-state index in [2.05, 4.69) is 4.90 Å². The highest BCUT2D eigenvalue weighted by Crippen LogP contribution is 2.30. The van der Waals surface area contributed by atoms with Crippen molar-refractivity contribution in [3.8, 4) is 0 Å². The summed E-state index contributed by atoms with van der Waals surface area (Å²) in [5.41, 5.74) is 0.798. The lowest BCUT2D eigenvalue weighted by molar-refractivity contribution is -0.126. The van der Waals surface area contributed by atoms with Gasteiger partial charge in [0.25, 0.3) is 0 Å². The summed E-state index contributed by atoms with van der Waals surface area (Å²) in [6, 6.07) is 7.37. The van der Waals surface area contributed by atoms with Crippen molar-refractivity contribution in [3.63, 3.8) is 0 Å². The molecule has 1 N–H and O–H groups in total. The molecule has 2 unspecified atom stereocenters. The summed E-state index contributed by atoms with van der Waals surface area (Å²) in [5, 5.41) is 10.5. The van der Waals surface area contributed by atoms with Crippen molar-refractivity contribution in [1.82, 2.24) is 4.90 Å². The number of halogens is 1. The molecule has 2 saturated heterocycles. The molecule has 1 aromatic rings. The van der Waals surface area contributed by atoms with E-state index in [1.807, 2.05) is 24.3 Å². The number of para-hydroxylation sites is 1. The Kier molecular flexibility index (Phi) is 4.48. The lowest BCUT2D eigenvalue weighted by atomic mass is 9.98. The van der Waals surface area contributed by atoms with Gasteiger partial charge in [0.1, 0.15) is 0 Å². The zero-order chi connectivity index (χ0) is 14.8. The number of piperidine rings is 2. The topological polar surface area (TPSA) is 43.8 Å². The number of β-amino-alcohol motifs (C(OH)–C–C–N with tert-alkyl or cyclic N) is 1. The largest absolute Gasteiger partial charge is 0.392 e. The maximum atomic E-state index is 12.8. The molecular weight excluding hydrogens is 288 g/mol. The van der Waals surface area contributed by atoms with Crippen molar-refractivity contribution in [2.45, 2.75) is 37.8 Å². The van der Waals surface area contributed by atoms with E-state index < -0.39 is 0 Å². The number of hydrogen-bond donors (Lipinski definition) is 1. The number of benzene rings is 1. The SMILES string of the molecule is O=C1C(N2CCCC(O)C2)CCCN1c1ccccc1Cl. The van der Waals surface area contributed by atoms with Crippen LogP contribution in [0.2, 0.25) is 5.02 Å². The Morgan fingerprint density at radius 1 is 1.14 bits per heavy atom. The summed E-state index contributed by atoms with van der Waals surface area (Å²) in [6.07, 6.45) is 3.32. The molecule has 114 valence electrons. The molecule has 1 amide bonds. The number of likely N-dealkylation sites (tertiary alicyclic amines) is 1. The monoisotopic (exact) mass is 308 g/mol. The maximum absolute atomic E-state index is 12.8. The van der Waals surface area contributed by atoms with Crippen LogP contribution in [0.3, 0.4) is 0 Å². The third kappa shape index (κ3) is 3.07. The Hall–Kier alpha value is -1.10. The first kappa shape index (κ1) is 14.8. The fourth-order valence-electron chi connectivity index (χ4n) is 3.37. The highest BCUT2D eigenvalue weighted by molar-refractivity contribution is 6.33. The number of anilines is 1. The van der Waals surface area contributed by atoms with E-state index in [0.29, 0.717) is 11.6 Å². The highest BCUT2D eigenvalue weighted by atomic mass is 35.5. The van der Waals surface area contributed by atoms with Gasteiger partial charge < -0.3 is 10.0 Å². The van der Waals surface area contributed by atoms with Crippen molar-refractivity contribution < 1.29 is 9.90 Å². The molecule has 1 aromatic carbocycles. The van der Waals surface area contributed by atoms with Crippen molar-refractivity contribution >= 4 is 23.2 Å². The molecule has 0 radical (unpaired) electrons. The predicted octanol–water partition coefficient (Wildman–Crippen LogP) is 2.29. The molecule has 0 aliphatic carbocycles. The van der Waals surface area contributed by atoms with Gasteiger partial charge in [-0.2, -0.15) is 0 Å². The van der Waals surface area contributed by atoms with Gasteiger partial charge in [0, 0.05) is 13.1 Å². The molecule has 2 aliphatic heterocycles. The lowest BCUT2D eigenvalue weighted by Gasteiger charge is -2.41. The molecule has 2 fully saturated rings. The van der Waals surface area contributed by atoms with Crippen molar-refractivity contribution in [2.24, 2.45) is 0 Å². The quantitative estimate of drug-likeness (QED) is 0.911. The van der Waals surface area contributed by atoms with Gasteiger partial charge in [-0.1, -0.05) is 23.7 Å². The number of aliphatic hydroxyl groups excluding tert-OH is 1. The lowest BCUT2D eigenvalue weighted by Crippen LogP contribution is -2.55. The van der Waals surface area contributed by atoms with Crippen molar-refractivity contribution in [1.29, 1.82) is 0 Å². The van der Waals surface area contributed by atoms with Gasteiger partial charge in [0.05, 0.1) is 22.9 Å². The number of aliphatic hydroxyl groups is 1. The van der Waals surface area contributed by atoms with Crippen LogP contribution in [-0.4, -0.2) is 47.7 Å². The first-order valence-corrected chi connectivity index (χ1v) is 8.02. The van der Waals surface area contributed by atoms with Gasteiger partial charge in [-0.15, -0.1) is 0 Å². The second-order valence-corrected chi connectivity index (χ2v) is 6.30. The van der Waals surface area contributed by atoms with E-state index in [0.717, 1.165) is 44.5 Å². The Morgan fingerprint density at radius 2 is 1.90 bits per heavy atom. The van der Waals surface area contributed by atoms with Gasteiger partial charge in [-0.05, 0) is 44.4 Å². The highest BCUT2D eigenvalue weighted by Gasteiger charge is 2.36. The second kappa shape index (κ2) is 6.34. The molecule has 2 aliphatic rings. The summed E-state index contributed by atoms with van der Waals surface area (Å²) in [5.74, 6) is 0.114. The molecule has 0 spiro atoms. The van der Waals surface area contributed by atoms with Crippen LogP contribution >= 0.6 is 11.6 Å². The van der Waals surface area contributed by atoms with Gasteiger partial charge in [0.15, 0.2) is 0 Å². The van der Waals surface area contributed by atoms with Crippen molar-refractivity contribution in [2.75, 3.05) is 24.5 Å². The van der Waals surface area contributed by atoms with Crippen molar-refractivity contribution in [3.05, 3.63) is 29.3 Å². The third-order valence-corrected chi connectivity index (χ3v) is 4.74. The molecule has 2 atom stereocenters. The van der Waals surface area contributed by atoms with Gasteiger partial charge in [-0.25, -0.2) is 0 Å². The molecule has 5 heteroatoms. The molecule has 0 bridgehead atoms. The van der Waals surface area contributed by atoms with Crippen LogP contribution in [0.4, 0.5) is 5.69 Å². The molecule has 2 heterocycles. The van der Waals surface area contributed by atoms with E-state index in [1.54, 1.807) is 4.90 Å². The van der Waals surface area contributed by atoms with E-state index in [-0.39, 0.29) is 18.1 Å². The number of amides is 1. The summed E-state index contributed by atoms with van der Waals surface area (Å²) in [6.45, 7) is 2.21. The number of carbonyl (C=O) groups excluding carboxylic acids is 1. The van der Waals surface area contributed by atoms with Crippen LogP contribution in [0.1, 0.15) is 25.7 Å². The fraction of sp³-hybridized carbons (Fsp3) is 0.562. The Bertz CT molecular complexity index is 523. The van der Waals surface area contributed by atoms with E-state index in [4.69, 9.17) is 11.6 Å². The first-order chi connectivity index (χ1) is 10.2. The average Bonchev–Trinajstić information content (AvgIpc) is 2.48. The van der Waals surface area contributed by atoms with Crippen LogP contribution in [0.25, 0.3) is 0 Å². The number of rotatable bonds is 2. The summed E-state index contributed by atoms with van der Waals surface area (Å²) in [7, 11) is 0. The normalized spacial score (nSPS) is 27.9. The van der Waals surface area contributed by atoms with E-state index in [1.165, 1.54) is 0 Å². The second-order valence-electron chi connectivity index (χ2n) is 5.89. The standard InChI is InChI=1S/C16H21ClN2O2/c17-13-6-1-2-7-14(13)19-10-4-8-15(16(19)21)18-9-3-5-12(20)11-18/h1-2,6-7,12,15,20H,3-5,8-11H2. The zero-order valence-corrected chi connectivity index (χ0v) is 12.8. The number of hydrogen-bond acceptors (Lipinski definition) is 3. The zero-order valence-electron chi connectivity index (χ0n) is 12.0. The van der Waals surface area contributed by atoms with Crippen LogP contribution in [0.5, 0.6) is 0 Å². The van der Waals surface area contributed by atoms with Crippen LogP contribution < -0.4 is 4.90 Å². The minimum Gasteiger partial charge on any atom is -0.392 e. The molecule has 21 heavy (non-hydrogen) atoms. The predicted molar refractivity (Wildman–Crippen MR) is 83.6 cm³/mol. The van der Waals surface area contributed by atoms with Gasteiger partial charge in [0.2, 0.25) is 5.91 Å². The fourth-order valence-corrected chi connectivity index (χ4v) is 3.61. The number of carbonyl (C=O) groups is 1. The Balaban J connectivity index is 1.79. The van der Waals surface area contributed by atoms with Crippen LogP contribution in [0.15, 0.2) is 24.3 Å². The molecular formula is C16H21ClN2O2. The molecule has 0 saturated carbocycles. The van der Waals surface area contributed by atoms with E-state index in [9.17, 15) is 9.90 Å². The first-order valence-electron chi connectivity index (χ1n) is 7.65. The van der Waals surface area contributed by atoms with Crippen LogP contribution in [0, 0.1) is 0 Å². The Morgan fingerprint density at radius 3 is 2.67 bits per heavy atom. The molecule has 4 nitrogen and oxygen atoms in total.